The predicted molar refractivity (Wildman–Crippen MR) is 78.1 cm³/mol. The fourth-order valence-electron chi connectivity index (χ4n) is 3.11. The van der Waals surface area contributed by atoms with E-state index in [0.29, 0.717) is 19.3 Å². The molecule has 1 aliphatic carbocycles. The van der Waals surface area contributed by atoms with Crippen molar-refractivity contribution >= 4 is 10.0 Å². The molecule has 1 saturated carbocycles. The molecule has 0 radical (unpaired) electrons. The third-order valence-corrected chi connectivity index (χ3v) is 5.88. The number of sulfonamides is 1. The lowest BCUT2D eigenvalue weighted by Crippen LogP contribution is -2.38. The van der Waals surface area contributed by atoms with Crippen LogP contribution < -0.4 is 4.72 Å². The number of benzene rings is 1. The first kappa shape index (κ1) is 16.8. The first-order chi connectivity index (χ1) is 10.9. The summed E-state index contributed by atoms with van der Waals surface area (Å²) in [6.45, 7) is 1.41. The number of hydrogen-bond acceptors (Lipinski definition) is 4. The molecule has 0 bridgehead atoms. The third kappa shape index (κ3) is 3.71. The second-order valence-corrected chi connectivity index (χ2v) is 7.71. The monoisotopic (exact) mass is 347 g/mol. The molecule has 3 rings (SSSR count). The Balaban J connectivity index is 1.57. The van der Waals surface area contributed by atoms with Gasteiger partial charge in [-0.15, -0.1) is 0 Å². The number of nitrogens with one attached hydrogen (secondary N) is 1. The van der Waals surface area contributed by atoms with Crippen molar-refractivity contribution in [2.24, 2.45) is 5.92 Å². The van der Waals surface area contributed by atoms with Crippen molar-refractivity contribution in [1.82, 2.24) is 4.72 Å². The third-order valence-electron chi connectivity index (χ3n) is 4.43. The van der Waals surface area contributed by atoms with E-state index in [2.05, 4.69) is 4.72 Å². The Hall–Kier alpha value is -1.09. The normalized spacial score (nSPS) is 21.8. The molecule has 1 heterocycles. The standard InChI is InChI=1S/C15H19F2NO4S/c16-12-1-2-14(13(17)9-12)23(19,20)18-10-11-3-5-15(6-4-11)21-7-8-22-15/h1-2,9,11,18H,3-8,10H2. The maximum atomic E-state index is 13.6. The van der Waals surface area contributed by atoms with E-state index in [1.54, 1.807) is 0 Å². The molecule has 1 aromatic carbocycles. The van der Waals surface area contributed by atoms with Gasteiger partial charge in [-0.05, 0) is 30.9 Å². The van der Waals surface area contributed by atoms with Gasteiger partial charge in [-0.2, -0.15) is 0 Å². The SMILES string of the molecule is O=S(=O)(NCC1CCC2(CC1)OCCO2)c1ccc(F)cc1F. The lowest BCUT2D eigenvalue weighted by atomic mass is 9.85. The molecule has 1 aromatic rings. The summed E-state index contributed by atoms with van der Waals surface area (Å²) in [5.74, 6) is -2.24. The predicted octanol–water partition coefficient (Wildman–Crippen LogP) is 2.18. The fourth-order valence-corrected chi connectivity index (χ4v) is 4.28. The van der Waals surface area contributed by atoms with Crippen LogP contribution in [0.4, 0.5) is 8.78 Å². The van der Waals surface area contributed by atoms with Crippen LogP contribution in [0.25, 0.3) is 0 Å². The van der Waals surface area contributed by atoms with Crippen molar-refractivity contribution in [2.45, 2.75) is 36.4 Å². The van der Waals surface area contributed by atoms with Crippen LogP contribution in [0, 0.1) is 17.6 Å². The Morgan fingerprint density at radius 2 is 1.83 bits per heavy atom. The Morgan fingerprint density at radius 1 is 1.17 bits per heavy atom. The van der Waals surface area contributed by atoms with Gasteiger partial charge in [-0.3, -0.25) is 0 Å². The average molecular weight is 347 g/mol. The van der Waals surface area contributed by atoms with Gasteiger partial charge in [-0.25, -0.2) is 21.9 Å². The summed E-state index contributed by atoms with van der Waals surface area (Å²) in [4.78, 5) is -0.534. The minimum atomic E-state index is -3.99. The van der Waals surface area contributed by atoms with Crippen molar-refractivity contribution < 1.29 is 26.7 Å². The number of ether oxygens (including phenoxy) is 2. The highest BCUT2D eigenvalue weighted by Crippen LogP contribution is 2.38. The molecule has 1 spiro atoms. The lowest BCUT2D eigenvalue weighted by molar-refractivity contribution is -0.182. The van der Waals surface area contributed by atoms with Gasteiger partial charge in [0.2, 0.25) is 10.0 Å². The molecule has 128 valence electrons. The Kier molecular flexibility index (Phi) is 4.68. The Labute approximate surface area is 134 Å². The van der Waals surface area contributed by atoms with Crippen molar-refractivity contribution in [2.75, 3.05) is 19.8 Å². The highest BCUT2D eigenvalue weighted by Gasteiger charge is 2.40. The van der Waals surface area contributed by atoms with E-state index in [1.165, 1.54) is 0 Å². The van der Waals surface area contributed by atoms with Gasteiger partial charge < -0.3 is 9.47 Å². The van der Waals surface area contributed by atoms with E-state index < -0.39 is 32.3 Å². The fraction of sp³-hybridized carbons (Fsp3) is 0.600. The molecule has 0 amide bonds. The summed E-state index contributed by atoms with van der Waals surface area (Å²) in [5.41, 5.74) is 0. The first-order valence-corrected chi connectivity index (χ1v) is 9.11. The van der Waals surface area contributed by atoms with E-state index in [0.717, 1.165) is 37.8 Å². The average Bonchev–Trinajstić information content (AvgIpc) is 2.95. The van der Waals surface area contributed by atoms with E-state index in [9.17, 15) is 17.2 Å². The summed E-state index contributed by atoms with van der Waals surface area (Å²) >= 11 is 0. The lowest BCUT2D eigenvalue weighted by Gasteiger charge is -2.35. The maximum Gasteiger partial charge on any atom is 0.243 e. The van der Waals surface area contributed by atoms with Crippen LogP contribution in [0.2, 0.25) is 0 Å². The summed E-state index contributed by atoms with van der Waals surface area (Å²) < 4.78 is 64.4. The first-order valence-electron chi connectivity index (χ1n) is 7.63. The Morgan fingerprint density at radius 3 is 2.43 bits per heavy atom. The summed E-state index contributed by atoms with van der Waals surface area (Å²) in [7, 11) is -3.99. The zero-order valence-corrected chi connectivity index (χ0v) is 13.4. The molecule has 5 nitrogen and oxygen atoms in total. The highest BCUT2D eigenvalue weighted by molar-refractivity contribution is 7.89. The van der Waals surface area contributed by atoms with Gasteiger partial charge in [0, 0.05) is 25.5 Å². The molecule has 0 atom stereocenters. The topological polar surface area (TPSA) is 64.6 Å². The second kappa shape index (κ2) is 6.43. The smallest absolute Gasteiger partial charge is 0.243 e. The molecule has 8 heteroatoms. The van der Waals surface area contributed by atoms with Crippen LogP contribution in [-0.4, -0.2) is 34.0 Å². The molecule has 23 heavy (non-hydrogen) atoms. The van der Waals surface area contributed by atoms with Crippen molar-refractivity contribution in [3.8, 4) is 0 Å². The highest BCUT2D eigenvalue weighted by atomic mass is 32.2. The molecular formula is C15H19F2NO4S. The van der Waals surface area contributed by atoms with E-state index in [-0.39, 0.29) is 12.5 Å². The van der Waals surface area contributed by atoms with Crippen LogP contribution >= 0.6 is 0 Å². The Bertz CT molecular complexity index is 664. The van der Waals surface area contributed by atoms with Crippen LogP contribution in [0.1, 0.15) is 25.7 Å². The molecular weight excluding hydrogens is 328 g/mol. The van der Waals surface area contributed by atoms with Crippen molar-refractivity contribution in [3.63, 3.8) is 0 Å². The van der Waals surface area contributed by atoms with E-state index >= 15 is 0 Å². The molecule has 1 N–H and O–H groups in total. The van der Waals surface area contributed by atoms with Gasteiger partial charge in [0.1, 0.15) is 16.5 Å². The van der Waals surface area contributed by atoms with Crippen LogP contribution in [0.5, 0.6) is 0 Å². The van der Waals surface area contributed by atoms with E-state index in [1.807, 2.05) is 0 Å². The molecule has 0 unspecified atom stereocenters. The zero-order valence-electron chi connectivity index (χ0n) is 12.6. The molecule has 1 saturated heterocycles. The van der Waals surface area contributed by atoms with Crippen molar-refractivity contribution in [1.29, 1.82) is 0 Å². The molecule has 2 aliphatic rings. The van der Waals surface area contributed by atoms with Crippen LogP contribution in [0.15, 0.2) is 23.1 Å². The summed E-state index contributed by atoms with van der Waals surface area (Å²) in [5, 5.41) is 0. The molecule has 1 aliphatic heterocycles. The minimum absolute atomic E-state index is 0.145. The van der Waals surface area contributed by atoms with Crippen LogP contribution in [-0.2, 0) is 19.5 Å². The minimum Gasteiger partial charge on any atom is -0.348 e. The van der Waals surface area contributed by atoms with E-state index in [4.69, 9.17) is 9.47 Å². The van der Waals surface area contributed by atoms with Gasteiger partial charge in [-0.1, -0.05) is 0 Å². The summed E-state index contributed by atoms with van der Waals surface area (Å²) in [6.07, 6.45) is 3.00. The van der Waals surface area contributed by atoms with Crippen molar-refractivity contribution in [3.05, 3.63) is 29.8 Å². The summed E-state index contributed by atoms with van der Waals surface area (Å²) in [6, 6.07) is 2.42. The number of hydrogen-bond donors (Lipinski definition) is 1. The van der Waals surface area contributed by atoms with Gasteiger partial charge in [0.05, 0.1) is 13.2 Å². The largest absolute Gasteiger partial charge is 0.348 e. The molecule has 2 fully saturated rings. The molecule has 0 aromatic heterocycles. The maximum absolute atomic E-state index is 13.6. The quantitative estimate of drug-likeness (QED) is 0.907. The van der Waals surface area contributed by atoms with Gasteiger partial charge >= 0.3 is 0 Å². The van der Waals surface area contributed by atoms with Gasteiger partial charge in [0.25, 0.3) is 0 Å². The zero-order chi connectivity index (χ0) is 16.5. The second-order valence-electron chi connectivity index (χ2n) is 5.98. The van der Waals surface area contributed by atoms with Crippen LogP contribution in [0.3, 0.4) is 0 Å². The number of rotatable bonds is 4. The van der Waals surface area contributed by atoms with Gasteiger partial charge in [0.15, 0.2) is 5.79 Å². The number of halogens is 2.